The van der Waals surface area contributed by atoms with Crippen LogP contribution in [0.1, 0.15) is 42.6 Å². The summed E-state index contributed by atoms with van der Waals surface area (Å²) in [7, 11) is 0. The summed E-state index contributed by atoms with van der Waals surface area (Å²) in [6.07, 6.45) is 1.02. The Balaban J connectivity index is 2.76. The average Bonchev–Trinajstić information content (AvgIpc) is 2.39. The van der Waals surface area contributed by atoms with Crippen LogP contribution in [0, 0.1) is 6.92 Å². The van der Waals surface area contributed by atoms with Crippen LogP contribution in [0.3, 0.4) is 0 Å². The number of benzene rings is 1. The highest BCUT2D eigenvalue weighted by Gasteiger charge is 2.10. The van der Waals surface area contributed by atoms with Gasteiger partial charge in [-0.05, 0) is 44.9 Å². The summed E-state index contributed by atoms with van der Waals surface area (Å²) in [4.78, 5) is 23.6. The molecule has 5 nitrogen and oxygen atoms in total. The van der Waals surface area contributed by atoms with Gasteiger partial charge in [-0.2, -0.15) is 0 Å². The van der Waals surface area contributed by atoms with E-state index in [9.17, 15) is 9.59 Å². The topological polar surface area (TPSA) is 84.2 Å². The summed E-state index contributed by atoms with van der Waals surface area (Å²) < 4.78 is 0. The number of rotatable bonds is 6. The Bertz CT molecular complexity index is 484. The molecule has 0 bridgehead atoms. The van der Waals surface area contributed by atoms with Crippen LogP contribution in [-0.4, -0.2) is 24.4 Å². The first kappa shape index (κ1) is 16.2. The van der Waals surface area contributed by atoms with Crippen LogP contribution >= 0.6 is 0 Å². The summed E-state index contributed by atoms with van der Waals surface area (Å²) in [5.41, 5.74) is 7.76. The highest BCUT2D eigenvalue weighted by atomic mass is 16.2. The van der Waals surface area contributed by atoms with Crippen molar-refractivity contribution in [1.29, 1.82) is 0 Å². The maximum absolute atomic E-state index is 11.8. The molecule has 20 heavy (non-hydrogen) atoms. The Kier molecular flexibility index (Phi) is 6.18. The lowest BCUT2D eigenvalue weighted by Gasteiger charge is -2.11. The normalized spacial score (nSPS) is 11.8. The predicted octanol–water partition coefficient (Wildman–Crippen LogP) is 1.81. The number of aryl methyl sites for hydroxylation is 1. The second-order valence-corrected chi connectivity index (χ2v) is 4.95. The monoisotopic (exact) mass is 277 g/mol. The molecule has 1 aromatic rings. The molecule has 1 aromatic carbocycles. The summed E-state index contributed by atoms with van der Waals surface area (Å²) in [5.74, 6) is -0.225. The fourth-order valence-corrected chi connectivity index (χ4v) is 1.73. The van der Waals surface area contributed by atoms with Crippen LogP contribution in [-0.2, 0) is 4.79 Å². The Morgan fingerprint density at radius 3 is 2.65 bits per heavy atom. The molecule has 1 rings (SSSR count). The Labute approximate surface area is 119 Å². The van der Waals surface area contributed by atoms with Gasteiger partial charge in [-0.25, -0.2) is 0 Å². The smallest absolute Gasteiger partial charge is 0.251 e. The molecule has 0 aliphatic carbocycles. The van der Waals surface area contributed by atoms with Crippen molar-refractivity contribution in [1.82, 2.24) is 5.32 Å². The summed E-state index contributed by atoms with van der Waals surface area (Å²) in [5, 5.41) is 5.56. The van der Waals surface area contributed by atoms with Crippen molar-refractivity contribution in [3.63, 3.8) is 0 Å². The Morgan fingerprint density at radius 2 is 2.05 bits per heavy atom. The number of hydrogen-bond donors (Lipinski definition) is 3. The van der Waals surface area contributed by atoms with Crippen LogP contribution in [0.15, 0.2) is 18.2 Å². The molecular weight excluding hydrogens is 254 g/mol. The SMILES string of the molecule is CCNC(=O)c1ccc(C)c(NC(=O)CCC(C)N)c1. The van der Waals surface area contributed by atoms with E-state index in [1.807, 2.05) is 26.8 Å². The Morgan fingerprint density at radius 1 is 1.35 bits per heavy atom. The van der Waals surface area contributed by atoms with Gasteiger partial charge in [0.2, 0.25) is 5.91 Å². The molecule has 0 saturated carbocycles. The van der Waals surface area contributed by atoms with E-state index in [0.717, 1.165) is 5.56 Å². The van der Waals surface area contributed by atoms with E-state index in [1.54, 1.807) is 12.1 Å². The van der Waals surface area contributed by atoms with Crippen molar-refractivity contribution < 1.29 is 9.59 Å². The number of carbonyl (C=O) groups is 2. The van der Waals surface area contributed by atoms with Gasteiger partial charge in [0, 0.05) is 30.3 Å². The number of nitrogens with two attached hydrogens (primary N) is 1. The van der Waals surface area contributed by atoms with E-state index in [2.05, 4.69) is 10.6 Å². The van der Waals surface area contributed by atoms with Crippen molar-refractivity contribution in [2.45, 2.75) is 39.7 Å². The van der Waals surface area contributed by atoms with Crippen LogP contribution in [0.5, 0.6) is 0 Å². The standard InChI is InChI=1S/C15H23N3O2/c1-4-17-15(20)12-7-5-10(2)13(9-12)18-14(19)8-6-11(3)16/h5,7,9,11H,4,6,8,16H2,1-3H3,(H,17,20)(H,18,19). The molecule has 0 radical (unpaired) electrons. The minimum Gasteiger partial charge on any atom is -0.352 e. The van der Waals surface area contributed by atoms with Crippen LogP contribution in [0.25, 0.3) is 0 Å². The molecule has 0 fully saturated rings. The third-order valence-electron chi connectivity index (χ3n) is 2.94. The maximum Gasteiger partial charge on any atom is 0.251 e. The molecule has 4 N–H and O–H groups in total. The van der Waals surface area contributed by atoms with E-state index in [-0.39, 0.29) is 17.9 Å². The zero-order valence-corrected chi connectivity index (χ0v) is 12.3. The zero-order chi connectivity index (χ0) is 15.1. The highest BCUT2D eigenvalue weighted by molar-refractivity contribution is 5.97. The van der Waals surface area contributed by atoms with Gasteiger partial charge in [0.15, 0.2) is 0 Å². The molecule has 0 saturated heterocycles. The van der Waals surface area contributed by atoms with Crippen molar-refractivity contribution in [2.75, 3.05) is 11.9 Å². The summed E-state index contributed by atoms with van der Waals surface area (Å²) in [6.45, 7) is 6.20. The number of carbonyl (C=O) groups excluding carboxylic acids is 2. The van der Waals surface area contributed by atoms with Crippen molar-refractivity contribution in [3.05, 3.63) is 29.3 Å². The van der Waals surface area contributed by atoms with Gasteiger partial charge in [-0.3, -0.25) is 9.59 Å². The lowest BCUT2D eigenvalue weighted by atomic mass is 10.1. The molecule has 5 heteroatoms. The van der Waals surface area contributed by atoms with Gasteiger partial charge in [-0.15, -0.1) is 0 Å². The number of hydrogen-bond acceptors (Lipinski definition) is 3. The molecule has 1 atom stereocenters. The van der Waals surface area contributed by atoms with E-state index < -0.39 is 0 Å². The van der Waals surface area contributed by atoms with Crippen LogP contribution < -0.4 is 16.4 Å². The van der Waals surface area contributed by atoms with E-state index in [1.165, 1.54) is 0 Å². The summed E-state index contributed by atoms with van der Waals surface area (Å²) in [6, 6.07) is 5.27. The molecule has 0 spiro atoms. The second-order valence-electron chi connectivity index (χ2n) is 4.95. The number of amides is 2. The van der Waals surface area contributed by atoms with E-state index in [0.29, 0.717) is 30.6 Å². The number of nitrogens with one attached hydrogen (secondary N) is 2. The lowest BCUT2D eigenvalue weighted by Crippen LogP contribution is -2.23. The van der Waals surface area contributed by atoms with E-state index >= 15 is 0 Å². The first-order chi connectivity index (χ1) is 9.43. The van der Waals surface area contributed by atoms with Gasteiger partial charge in [0.05, 0.1) is 0 Å². The van der Waals surface area contributed by atoms with Gasteiger partial charge in [0.1, 0.15) is 0 Å². The van der Waals surface area contributed by atoms with Crippen LogP contribution in [0.4, 0.5) is 5.69 Å². The van der Waals surface area contributed by atoms with Gasteiger partial charge in [-0.1, -0.05) is 6.07 Å². The maximum atomic E-state index is 11.8. The van der Waals surface area contributed by atoms with Crippen molar-refractivity contribution >= 4 is 17.5 Å². The molecule has 0 aromatic heterocycles. The summed E-state index contributed by atoms with van der Waals surface area (Å²) >= 11 is 0. The van der Waals surface area contributed by atoms with Crippen molar-refractivity contribution in [3.8, 4) is 0 Å². The largest absolute Gasteiger partial charge is 0.352 e. The third kappa shape index (κ3) is 5.01. The van der Waals surface area contributed by atoms with Gasteiger partial charge >= 0.3 is 0 Å². The molecule has 1 unspecified atom stereocenters. The molecule has 0 heterocycles. The second kappa shape index (κ2) is 7.65. The molecule has 0 aliphatic heterocycles. The Hall–Kier alpha value is -1.88. The average molecular weight is 277 g/mol. The molecule has 110 valence electrons. The first-order valence-corrected chi connectivity index (χ1v) is 6.88. The van der Waals surface area contributed by atoms with Crippen molar-refractivity contribution in [2.24, 2.45) is 5.73 Å². The minimum absolute atomic E-state index is 0.00325. The first-order valence-electron chi connectivity index (χ1n) is 6.88. The number of anilines is 1. The van der Waals surface area contributed by atoms with Crippen LogP contribution in [0.2, 0.25) is 0 Å². The van der Waals surface area contributed by atoms with Gasteiger partial charge in [0.25, 0.3) is 5.91 Å². The van der Waals surface area contributed by atoms with E-state index in [4.69, 9.17) is 5.73 Å². The predicted molar refractivity (Wildman–Crippen MR) is 80.7 cm³/mol. The lowest BCUT2D eigenvalue weighted by molar-refractivity contribution is -0.116. The fourth-order valence-electron chi connectivity index (χ4n) is 1.73. The quantitative estimate of drug-likeness (QED) is 0.741. The molecule has 0 aliphatic rings. The minimum atomic E-state index is -0.140. The molecule has 2 amide bonds. The highest BCUT2D eigenvalue weighted by Crippen LogP contribution is 2.17. The zero-order valence-electron chi connectivity index (χ0n) is 12.3. The molecular formula is C15H23N3O2. The third-order valence-corrected chi connectivity index (χ3v) is 2.94. The fraction of sp³-hybridized carbons (Fsp3) is 0.467. The van der Waals surface area contributed by atoms with Gasteiger partial charge < -0.3 is 16.4 Å².